The van der Waals surface area contributed by atoms with Gasteiger partial charge in [0.2, 0.25) is 0 Å². The van der Waals surface area contributed by atoms with Crippen molar-refractivity contribution in [2.24, 2.45) is 5.73 Å². The summed E-state index contributed by atoms with van der Waals surface area (Å²) >= 11 is 0. The van der Waals surface area contributed by atoms with Crippen LogP contribution in [0.5, 0.6) is 46.0 Å². The molecule has 2 amide bonds. The van der Waals surface area contributed by atoms with Crippen LogP contribution in [0.25, 0.3) is 22.2 Å². The van der Waals surface area contributed by atoms with Crippen molar-refractivity contribution in [1.82, 2.24) is 30.6 Å². The highest BCUT2D eigenvalue weighted by Gasteiger charge is 2.22. The maximum atomic E-state index is 11.8. The molecule has 0 radical (unpaired) electrons. The lowest BCUT2D eigenvalue weighted by atomic mass is 10.1. The third-order valence-electron chi connectivity index (χ3n) is 10.3. The van der Waals surface area contributed by atoms with Crippen molar-refractivity contribution in [3.63, 3.8) is 0 Å². The summed E-state index contributed by atoms with van der Waals surface area (Å²) in [6, 6.07) is 28.7. The number of para-hydroxylation sites is 2. The van der Waals surface area contributed by atoms with Gasteiger partial charge in [0.25, 0.3) is 23.1 Å². The third kappa shape index (κ3) is 11.5. The predicted octanol–water partition coefficient (Wildman–Crippen LogP) is 7.91. The quantitative estimate of drug-likeness (QED) is 0.0962. The van der Waals surface area contributed by atoms with Crippen LogP contribution in [0.15, 0.2) is 124 Å². The summed E-state index contributed by atoms with van der Waals surface area (Å²) in [5, 5.41) is 8.50. The molecule has 10 rings (SSSR count). The van der Waals surface area contributed by atoms with Crippen molar-refractivity contribution in [2.75, 3.05) is 52.1 Å². The summed E-state index contributed by atoms with van der Waals surface area (Å²) in [5.41, 5.74) is 10.6. The lowest BCUT2D eigenvalue weighted by Gasteiger charge is -2.23. The lowest BCUT2D eigenvalue weighted by Crippen LogP contribution is -2.18. The second kappa shape index (κ2) is 21.6. The maximum absolute atomic E-state index is 11.8. The number of ether oxygens (including phenoxy) is 6. The van der Waals surface area contributed by atoms with Crippen LogP contribution in [-0.2, 0) is 10.8 Å². The zero-order valence-corrected chi connectivity index (χ0v) is 39.0. The monoisotopic (exact) mass is 956 g/mol. The predicted molar refractivity (Wildman–Crippen MR) is 255 cm³/mol. The second-order valence-electron chi connectivity index (χ2n) is 15.2. The molecule has 0 saturated carbocycles. The topological polar surface area (TPSA) is 247 Å². The summed E-state index contributed by atoms with van der Waals surface area (Å²) in [4.78, 5) is 40.0. The summed E-state index contributed by atoms with van der Waals surface area (Å²) in [5.74, 6) is 4.54. The molecule has 2 aliphatic heterocycles. The molecular formula is C49H48N8O11S. The van der Waals surface area contributed by atoms with Gasteiger partial charge in [0.05, 0.1) is 6.04 Å². The van der Waals surface area contributed by atoms with E-state index in [4.69, 9.17) is 43.0 Å². The molecule has 69 heavy (non-hydrogen) atoms. The molecule has 0 aliphatic carbocycles. The van der Waals surface area contributed by atoms with E-state index in [1.54, 1.807) is 55.6 Å². The van der Waals surface area contributed by atoms with Gasteiger partial charge in [-0.3, -0.25) is 19.6 Å². The van der Waals surface area contributed by atoms with Gasteiger partial charge in [-0.1, -0.05) is 24.3 Å². The first-order chi connectivity index (χ1) is 33.5. The molecule has 356 valence electrons. The van der Waals surface area contributed by atoms with Crippen molar-refractivity contribution in [2.45, 2.75) is 31.2 Å². The Bertz CT molecular complexity index is 3140. The average Bonchev–Trinajstić information content (AvgIpc) is 3.99. The van der Waals surface area contributed by atoms with Gasteiger partial charge in [-0.05, 0) is 62.4 Å². The molecule has 4 aromatic carbocycles. The van der Waals surface area contributed by atoms with E-state index in [0.717, 1.165) is 34.1 Å². The number of amides is 2. The lowest BCUT2D eigenvalue weighted by molar-refractivity contribution is 0.0950. The zero-order valence-electron chi connectivity index (χ0n) is 38.1. The molecule has 20 heteroatoms. The molecular weight excluding hydrogens is 909 g/mol. The van der Waals surface area contributed by atoms with Gasteiger partial charge >= 0.3 is 0 Å². The molecule has 19 nitrogen and oxygen atoms in total. The highest BCUT2D eigenvalue weighted by molar-refractivity contribution is 7.84. The minimum Gasteiger partial charge on any atom is -0.486 e. The van der Waals surface area contributed by atoms with E-state index < -0.39 is 10.8 Å². The standard InChI is InChI=1S/C24H22N4O5.C15H13N3O4S.C10H13NO2/c1-14(17-4-3-5-20-22(17)31-11-10-30-20)27-24-28-18-7-6-15(13-21(18)33-24)32-16-8-9-26-19(12-16)23(29)25-2;1-16-14(19)12-7-10(5-6-17-12)21-9-3-4-11-13(8-9)22-15(18-11)23(2)20;1-7(11)8-3-2-4-9-10(8)13-6-5-12-9/h3-9,12-14H,10-11H2,1-2H3,(H,25,29)(H,27,28);3-8H,1-2H3,(H,16,19);2-4,7H,5-6,11H2,1H3. The van der Waals surface area contributed by atoms with Crippen LogP contribution in [-0.4, -0.2) is 82.7 Å². The number of nitrogens with one attached hydrogen (secondary N) is 3. The van der Waals surface area contributed by atoms with Gasteiger partial charge in [-0.2, -0.15) is 4.98 Å². The van der Waals surface area contributed by atoms with Crippen molar-refractivity contribution < 1.29 is 51.1 Å². The van der Waals surface area contributed by atoms with E-state index in [1.165, 1.54) is 31.8 Å². The summed E-state index contributed by atoms with van der Waals surface area (Å²) in [7, 11) is 1.80. The van der Waals surface area contributed by atoms with Crippen molar-refractivity contribution >= 4 is 50.8 Å². The number of aromatic nitrogens is 4. The number of carbonyl (C=O) groups is 2. The van der Waals surface area contributed by atoms with Crippen LogP contribution < -0.4 is 50.1 Å². The van der Waals surface area contributed by atoms with E-state index in [9.17, 15) is 13.8 Å². The minimum absolute atomic E-state index is 0.0170. The number of rotatable bonds is 11. The number of nitrogens with zero attached hydrogens (tertiary/aromatic N) is 4. The number of pyridine rings is 2. The fourth-order valence-electron chi connectivity index (χ4n) is 6.98. The fraction of sp³-hybridized carbons (Fsp3) is 0.224. The van der Waals surface area contributed by atoms with Gasteiger partial charge in [-0.25, -0.2) is 9.19 Å². The van der Waals surface area contributed by atoms with Crippen LogP contribution in [0.2, 0.25) is 0 Å². The summed E-state index contributed by atoms with van der Waals surface area (Å²) in [6.07, 6.45) is 4.51. The van der Waals surface area contributed by atoms with Gasteiger partial charge in [0.15, 0.2) is 34.2 Å². The Kier molecular flexibility index (Phi) is 14.8. The molecule has 5 N–H and O–H groups in total. The van der Waals surface area contributed by atoms with Crippen LogP contribution in [0.4, 0.5) is 6.01 Å². The Morgan fingerprint density at radius 3 is 1.67 bits per heavy atom. The van der Waals surface area contributed by atoms with Crippen LogP contribution >= 0.6 is 0 Å². The minimum atomic E-state index is -1.29. The fourth-order valence-corrected chi connectivity index (χ4v) is 7.42. The second-order valence-corrected chi connectivity index (χ2v) is 16.5. The Hall–Kier alpha value is -8.23. The molecule has 0 fully saturated rings. The summed E-state index contributed by atoms with van der Waals surface area (Å²) in [6.45, 7) is 6.23. The first-order valence-corrected chi connectivity index (χ1v) is 23.2. The number of nitrogens with two attached hydrogens (primary N) is 1. The van der Waals surface area contributed by atoms with Crippen LogP contribution in [0, 0.1) is 0 Å². The largest absolute Gasteiger partial charge is 0.486 e. The SMILES string of the molecule is CC(N)c1cccc2c1OCCO2.CNC(=O)c1cc(Oc2ccc3nc(NC(C)c4cccc5c4OCCO5)oc3c2)ccn1.CNC(=O)c1cc(Oc2ccc3nc(S(C)=O)oc3c2)ccn1. The maximum Gasteiger partial charge on any atom is 0.296 e. The van der Waals surface area contributed by atoms with E-state index in [0.29, 0.717) is 77.6 Å². The average molecular weight is 957 g/mol. The summed E-state index contributed by atoms with van der Waals surface area (Å²) < 4.78 is 56.8. The normalized spacial score (nSPS) is 13.6. The Morgan fingerprint density at radius 2 is 1.13 bits per heavy atom. The number of hydrogen-bond acceptors (Lipinski definition) is 17. The number of benzene rings is 4. The highest BCUT2D eigenvalue weighted by Crippen LogP contribution is 2.39. The Morgan fingerprint density at radius 1 is 0.638 bits per heavy atom. The van der Waals surface area contributed by atoms with Crippen molar-refractivity contribution in [3.05, 3.63) is 132 Å². The molecule has 3 unspecified atom stereocenters. The number of carbonyl (C=O) groups excluding carboxylic acids is 2. The molecule has 0 spiro atoms. The van der Waals surface area contributed by atoms with Gasteiger partial charge < -0.3 is 58.9 Å². The van der Waals surface area contributed by atoms with Crippen molar-refractivity contribution in [3.8, 4) is 46.0 Å². The number of anilines is 1. The molecule has 0 bridgehead atoms. The third-order valence-corrected chi connectivity index (χ3v) is 11.0. The first kappa shape index (κ1) is 47.3. The first-order valence-electron chi connectivity index (χ1n) is 21.6. The van der Waals surface area contributed by atoms with Gasteiger partial charge in [0.1, 0.15) is 82.6 Å². The van der Waals surface area contributed by atoms with E-state index in [1.807, 2.05) is 56.3 Å². The van der Waals surface area contributed by atoms with E-state index >= 15 is 0 Å². The molecule has 8 aromatic rings. The van der Waals surface area contributed by atoms with E-state index in [2.05, 4.69) is 35.9 Å². The zero-order chi connectivity index (χ0) is 48.4. The highest BCUT2D eigenvalue weighted by atomic mass is 32.2. The van der Waals surface area contributed by atoms with Gasteiger partial charge in [0, 0.05) is 74.2 Å². The molecule has 4 aromatic heterocycles. The molecule has 0 saturated heterocycles. The number of oxazole rings is 2. The molecule has 3 atom stereocenters. The van der Waals surface area contributed by atoms with Crippen LogP contribution in [0.3, 0.4) is 0 Å². The van der Waals surface area contributed by atoms with E-state index in [-0.39, 0.29) is 40.5 Å². The smallest absolute Gasteiger partial charge is 0.296 e. The Balaban J connectivity index is 0.000000154. The Labute approximate surface area is 398 Å². The number of hydrogen-bond donors (Lipinski definition) is 4. The van der Waals surface area contributed by atoms with Crippen molar-refractivity contribution in [1.29, 1.82) is 0 Å². The van der Waals surface area contributed by atoms with Crippen LogP contribution in [0.1, 0.15) is 58.0 Å². The van der Waals surface area contributed by atoms with Gasteiger partial charge in [-0.15, -0.1) is 0 Å². The molecule has 2 aliphatic rings. The molecule has 6 heterocycles. The number of fused-ring (bicyclic) bond motifs is 4.